The monoisotopic (exact) mass is 400 g/mol. The Hall–Kier alpha value is -2.29. The fraction of sp³-hybridized carbons (Fsp3) is 0.444. The minimum Gasteiger partial charge on any atom is -0.489 e. The molecule has 0 aliphatic rings. The number of alkyl halides is 3. The first kappa shape index (κ1) is 21.0. The van der Waals surface area contributed by atoms with E-state index in [9.17, 15) is 13.2 Å². The second-order valence-electron chi connectivity index (χ2n) is 6.00. The number of ether oxygens (including phenoxy) is 1. The molecule has 0 saturated carbocycles. The van der Waals surface area contributed by atoms with Crippen molar-refractivity contribution >= 4 is 17.3 Å². The van der Waals surface area contributed by atoms with Crippen LogP contribution in [0.25, 0.3) is 0 Å². The predicted octanol–water partition coefficient (Wildman–Crippen LogP) is 3.65. The van der Waals surface area contributed by atoms with Gasteiger partial charge < -0.3 is 15.4 Å². The van der Waals surface area contributed by atoms with Crippen molar-refractivity contribution < 1.29 is 17.9 Å². The minimum absolute atomic E-state index is 0.0837. The van der Waals surface area contributed by atoms with E-state index >= 15 is 0 Å². The first-order chi connectivity index (χ1) is 12.8. The molecule has 5 nitrogen and oxygen atoms in total. The van der Waals surface area contributed by atoms with Crippen LogP contribution in [0.3, 0.4) is 0 Å². The van der Waals surface area contributed by atoms with Gasteiger partial charge in [0, 0.05) is 25.4 Å². The number of halogens is 3. The van der Waals surface area contributed by atoms with Crippen molar-refractivity contribution in [2.24, 2.45) is 4.99 Å². The lowest BCUT2D eigenvalue weighted by Gasteiger charge is -2.17. The largest absolute Gasteiger partial charge is 0.489 e. The molecule has 0 fully saturated rings. The molecule has 1 aromatic carbocycles. The molecule has 1 aromatic heterocycles. The van der Waals surface area contributed by atoms with Gasteiger partial charge in [0.05, 0.1) is 11.6 Å². The van der Waals surface area contributed by atoms with Crippen LogP contribution in [0.1, 0.15) is 23.2 Å². The average Bonchev–Trinajstić information content (AvgIpc) is 3.09. The first-order valence-corrected chi connectivity index (χ1v) is 9.35. The highest BCUT2D eigenvalue weighted by molar-refractivity contribution is 7.09. The van der Waals surface area contributed by atoms with E-state index in [1.807, 2.05) is 38.1 Å². The molecule has 0 aliphatic heterocycles. The van der Waals surface area contributed by atoms with E-state index in [1.165, 1.54) is 5.56 Å². The number of hydrogen-bond donors (Lipinski definition) is 2. The molecule has 0 aliphatic carbocycles. The molecule has 2 aromatic rings. The molecule has 0 bridgehead atoms. The van der Waals surface area contributed by atoms with Crippen LogP contribution in [0.15, 0.2) is 34.6 Å². The summed E-state index contributed by atoms with van der Waals surface area (Å²) in [7, 11) is 1.63. The average molecular weight is 400 g/mol. The van der Waals surface area contributed by atoms with Crippen LogP contribution in [-0.2, 0) is 12.6 Å². The molecule has 1 heterocycles. The van der Waals surface area contributed by atoms with Crippen LogP contribution < -0.4 is 15.4 Å². The molecule has 2 rings (SSSR count). The molecule has 0 spiro atoms. The third-order valence-electron chi connectivity index (χ3n) is 3.61. The number of nitrogens with zero attached hydrogens (tertiary/aromatic N) is 2. The maximum Gasteiger partial charge on any atom is 0.434 e. The van der Waals surface area contributed by atoms with Gasteiger partial charge in [-0.15, -0.1) is 11.3 Å². The first-order valence-electron chi connectivity index (χ1n) is 8.47. The maximum absolute atomic E-state index is 12.5. The van der Waals surface area contributed by atoms with Gasteiger partial charge in [0.1, 0.15) is 11.9 Å². The van der Waals surface area contributed by atoms with Crippen molar-refractivity contribution in [2.45, 2.75) is 32.5 Å². The van der Waals surface area contributed by atoms with Crippen molar-refractivity contribution in [3.63, 3.8) is 0 Å². The van der Waals surface area contributed by atoms with Gasteiger partial charge in [-0.05, 0) is 26.0 Å². The summed E-state index contributed by atoms with van der Waals surface area (Å²) in [6.07, 6.45) is -4.09. The quantitative estimate of drug-likeness (QED) is 0.550. The van der Waals surface area contributed by atoms with E-state index in [1.54, 1.807) is 7.05 Å². The van der Waals surface area contributed by atoms with E-state index in [2.05, 4.69) is 20.6 Å². The molecule has 1 unspecified atom stereocenters. The van der Waals surface area contributed by atoms with Crippen LogP contribution in [0.2, 0.25) is 0 Å². The molecule has 1 atom stereocenters. The van der Waals surface area contributed by atoms with Gasteiger partial charge in [-0.1, -0.05) is 17.7 Å². The minimum atomic E-state index is -4.40. The molecular weight excluding hydrogens is 377 g/mol. The number of aromatic nitrogens is 1. The zero-order valence-electron chi connectivity index (χ0n) is 15.4. The van der Waals surface area contributed by atoms with Gasteiger partial charge in [0.25, 0.3) is 0 Å². The lowest BCUT2D eigenvalue weighted by molar-refractivity contribution is -0.140. The van der Waals surface area contributed by atoms with E-state index in [0.29, 0.717) is 30.5 Å². The second kappa shape index (κ2) is 9.59. The number of aliphatic imine (C=N–C) groups is 1. The summed E-state index contributed by atoms with van der Waals surface area (Å²) in [6, 6.07) is 7.81. The molecule has 27 heavy (non-hydrogen) atoms. The number of rotatable bonds is 7. The Morgan fingerprint density at radius 1 is 1.26 bits per heavy atom. The lowest BCUT2D eigenvalue weighted by atomic mass is 10.2. The SMILES string of the molecule is CN=C(NCCc1nc(C(F)(F)F)cs1)NCC(C)Oc1ccc(C)cc1. The van der Waals surface area contributed by atoms with E-state index in [-0.39, 0.29) is 6.10 Å². The lowest BCUT2D eigenvalue weighted by Crippen LogP contribution is -2.42. The van der Waals surface area contributed by atoms with Crippen LogP contribution in [0.4, 0.5) is 13.2 Å². The number of benzene rings is 1. The van der Waals surface area contributed by atoms with Crippen LogP contribution >= 0.6 is 11.3 Å². The van der Waals surface area contributed by atoms with Gasteiger partial charge in [0.15, 0.2) is 11.7 Å². The van der Waals surface area contributed by atoms with Crippen molar-refractivity contribution in [3.8, 4) is 5.75 Å². The van der Waals surface area contributed by atoms with E-state index in [0.717, 1.165) is 22.5 Å². The van der Waals surface area contributed by atoms with Crippen molar-refractivity contribution in [1.82, 2.24) is 15.6 Å². The topological polar surface area (TPSA) is 58.5 Å². The van der Waals surface area contributed by atoms with Crippen LogP contribution in [-0.4, -0.2) is 37.2 Å². The molecule has 148 valence electrons. The Bertz CT molecular complexity index is 744. The zero-order chi connectivity index (χ0) is 19.9. The molecule has 9 heteroatoms. The zero-order valence-corrected chi connectivity index (χ0v) is 16.2. The standard InChI is InChI=1S/C18H23F3N4OS/c1-12-4-6-14(7-5-12)26-13(2)10-24-17(22-3)23-9-8-16-25-15(11-27-16)18(19,20)21/h4-7,11,13H,8-10H2,1-3H3,(H2,22,23,24). The summed E-state index contributed by atoms with van der Waals surface area (Å²) in [5.74, 6) is 1.35. The summed E-state index contributed by atoms with van der Waals surface area (Å²) in [4.78, 5) is 7.70. The summed E-state index contributed by atoms with van der Waals surface area (Å²) < 4.78 is 43.4. The summed E-state index contributed by atoms with van der Waals surface area (Å²) >= 11 is 1.00. The summed E-state index contributed by atoms with van der Waals surface area (Å²) in [5, 5.41) is 7.66. The van der Waals surface area contributed by atoms with Crippen molar-refractivity contribution in [2.75, 3.05) is 20.1 Å². The molecule has 0 amide bonds. The van der Waals surface area contributed by atoms with Gasteiger partial charge in [-0.3, -0.25) is 4.99 Å². The summed E-state index contributed by atoms with van der Waals surface area (Å²) in [6.45, 7) is 4.91. The molecule has 0 radical (unpaired) electrons. The van der Waals surface area contributed by atoms with Crippen LogP contribution in [0, 0.1) is 6.92 Å². The summed E-state index contributed by atoms with van der Waals surface area (Å²) in [5.41, 5.74) is 0.326. The van der Waals surface area contributed by atoms with Crippen molar-refractivity contribution in [3.05, 3.63) is 45.9 Å². The normalized spacial score (nSPS) is 13.3. The Labute approximate surface area is 160 Å². The smallest absolute Gasteiger partial charge is 0.434 e. The fourth-order valence-electron chi connectivity index (χ4n) is 2.20. The Balaban J connectivity index is 1.72. The molecule has 0 saturated heterocycles. The van der Waals surface area contributed by atoms with Gasteiger partial charge in [-0.2, -0.15) is 13.2 Å². The predicted molar refractivity (Wildman–Crippen MR) is 101 cm³/mol. The highest BCUT2D eigenvalue weighted by atomic mass is 32.1. The number of guanidine groups is 1. The van der Waals surface area contributed by atoms with Crippen molar-refractivity contribution in [1.29, 1.82) is 0 Å². The molecular formula is C18H23F3N4OS. The van der Waals surface area contributed by atoms with Crippen LogP contribution in [0.5, 0.6) is 5.75 Å². The van der Waals surface area contributed by atoms with Gasteiger partial charge >= 0.3 is 6.18 Å². The number of thiazole rings is 1. The number of nitrogens with one attached hydrogen (secondary N) is 2. The second-order valence-corrected chi connectivity index (χ2v) is 6.94. The Morgan fingerprint density at radius 2 is 1.96 bits per heavy atom. The fourth-order valence-corrected chi connectivity index (χ4v) is 3.00. The van der Waals surface area contributed by atoms with Gasteiger partial charge in [-0.25, -0.2) is 4.98 Å². The van der Waals surface area contributed by atoms with E-state index < -0.39 is 11.9 Å². The maximum atomic E-state index is 12.5. The number of aryl methyl sites for hydroxylation is 1. The van der Waals surface area contributed by atoms with E-state index in [4.69, 9.17) is 4.74 Å². The third-order valence-corrected chi connectivity index (χ3v) is 4.52. The Kier molecular flexibility index (Phi) is 7.46. The van der Waals surface area contributed by atoms with Gasteiger partial charge in [0.2, 0.25) is 0 Å². The highest BCUT2D eigenvalue weighted by Gasteiger charge is 2.33. The highest BCUT2D eigenvalue weighted by Crippen LogP contribution is 2.29. The third kappa shape index (κ3) is 7.09. The number of hydrogen-bond acceptors (Lipinski definition) is 4. The Morgan fingerprint density at radius 3 is 2.56 bits per heavy atom. The molecule has 2 N–H and O–H groups in total.